The number of phenolic OH excluding ortho intramolecular Hbond substituents is 1. The summed E-state index contributed by atoms with van der Waals surface area (Å²) in [6.45, 7) is 1.90. The minimum absolute atomic E-state index is 0.0315. The van der Waals surface area contributed by atoms with Crippen LogP contribution in [0.4, 0.5) is 28.4 Å². The van der Waals surface area contributed by atoms with Crippen molar-refractivity contribution in [2.24, 2.45) is 23.7 Å². The third kappa shape index (κ3) is 5.74. The van der Waals surface area contributed by atoms with Gasteiger partial charge in [-0.2, -0.15) is 5.01 Å². The fourth-order valence-corrected chi connectivity index (χ4v) is 9.94. The summed E-state index contributed by atoms with van der Waals surface area (Å²) in [5, 5.41) is 37.5. The summed E-state index contributed by atoms with van der Waals surface area (Å²) in [6, 6.07) is 20.7. The number of methoxy groups -OCH3 is 2. The van der Waals surface area contributed by atoms with Crippen LogP contribution in [0.2, 0.25) is 0 Å². The molecule has 6 unspecified atom stereocenters. The molecule has 0 spiro atoms. The van der Waals surface area contributed by atoms with E-state index in [0.29, 0.717) is 16.8 Å². The van der Waals surface area contributed by atoms with E-state index < -0.39 is 79.9 Å². The molecule has 4 amide bonds. The van der Waals surface area contributed by atoms with Gasteiger partial charge in [0.1, 0.15) is 17.2 Å². The summed E-state index contributed by atoms with van der Waals surface area (Å²) < 4.78 is 11.3. The van der Waals surface area contributed by atoms with E-state index in [9.17, 15) is 34.9 Å². The fourth-order valence-electron chi connectivity index (χ4n) is 9.94. The number of nitrogens with zero attached hydrogens (tertiary/aromatic N) is 5. The number of aromatic hydroxyl groups is 1. The topological polar surface area (TPSA) is 215 Å². The van der Waals surface area contributed by atoms with Crippen molar-refractivity contribution >= 4 is 52.1 Å². The highest BCUT2D eigenvalue weighted by Crippen LogP contribution is 2.66. The number of fused-ring (bicyclic) bond motifs is 4. The van der Waals surface area contributed by atoms with Crippen molar-refractivity contribution in [3.05, 3.63) is 127 Å². The van der Waals surface area contributed by atoms with E-state index >= 15 is 9.59 Å². The first-order chi connectivity index (χ1) is 28.6. The molecule has 1 saturated carbocycles. The van der Waals surface area contributed by atoms with Gasteiger partial charge < -0.3 is 19.5 Å². The number of amides is 4. The van der Waals surface area contributed by atoms with Gasteiger partial charge >= 0.3 is 11.4 Å². The van der Waals surface area contributed by atoms with Crippen LogP contribution in [0.3, 0.4) is 0 Å². The molecule has 4 aliphatic rings. The first kappa shape index (κ1) is 39.5. The number of rotatable bonds is 10. The van der Waals surface area contributed by atoms with Gasteiger partial charge in [0, 0.05) is 49.8 Å². The van der Waals surface area contributed by atoms with Crippen LogP contribution in [-0.4, -0.2) is 71.9 Å². The molecule has 4 aromatic carbocycles. The minimum atomic E-state index is -1.74. The van der Waals surface area contributed by atoms with Gasteiger partial charge in [-0.1, -0.05) is 59.7 Å². The van der Waals surface area contributed by atoms with Crippen molar-refractivity contribution in [1.82, 2.24) is 5.01 Å². The highest BCUT2D eigenvalue weighted by atomic mass is 16.6. The first-order valence-corrected chi connectivity index (χ1v) is 19.1. The molecule has 6 atom stereocenters. The highest BCUT2D eigenvalue weighted by Gasteiger charge is 2.71. The number of phenols is 1. The van der Waals surface area contributed by atoms with Gasteiger partial charge in [-0.25, -0.2) is 4.90 Å². The second-order valence-electron chi connectivity index (χ2n) is 15.6. The third-order valence-corrected chi connectivity index (χ3v) is 12.4. The van der Waals surface area contributed by atoms with Gasteiger partial charge in [0.2, 0.25) is 11.8 Å². The molecule has 2 aliphatic carbocycles. The molecular weight excluding hydrogens is 777 g/mol. The number of hydrazine groups is 1. The van der Waals surface area contributed by atoms with Crippen LogP contribution in [0.5, 0.6) is 17.2 Å². The number of nitro groups is 2. The van der Waals surface area contributed by atoms with Gasteiger partial charge in [-0.15, -0.1) is 0 Å². The van der Waals surface area contributed by atoms with Crippen molar-refractivity contribution in [3.63, 3.8) is 0 Å². The number of ether oxygens (including phenoxy) is 2. The van der Waals surface area contributed by atoms with Crippen LogP contribution >= 0.6 is 0 Å². The molecule has 308 valence electrons. The summed E-state index contributed by atoms with van der Waals surface area (Å²) in [4.78, 5) is 84.7. The molecule has 2 heterocycles. The lowest BCUT2D eigenvalue weighted by Gasteiger charge is -2.50. The zero-order valence-electron chi connectivity index (χ0n) is 33.1. The number of carbonyl (C=O) groups is 4. The van der Waals surface area contributed by atoms with Crippen molar-refractivity contribution < 1.29 is 43.6 Å². The zero-order chi connectivity index (χ0) is 42.9. The second kappa shape index (κ2) is 14.5. The molecule has 60 heavy (non-hydrogen) atoms. The molecule has 0 aromatic heterocycles. The Morgan fingerprint density at radius 3 is 2.08 bits per heavy atom. The van der Waals surface area contributed by atoms with E-state index in [2.05, 4.69) is 5.43 Å². The summed E-state index contributed by atoms with van der Waals surface area (Å²) in [6.07, 6.45) is 1.64. The summed E-state index contributed by atoms with van der Waals surface area (Å²) in [5.74, 6) is -8.08. The Labute approximate surface area is 343 Å². The Bertz CT molecular complexity index is 2510. The predicted octanol–water partition coefficient (Wildman–Crippen LogP) is 5.79. The van der Waals surface area contributed by atoms with Crippen LogP contribution in [0.15, 0.2) is 90.5 Å². The normalized spacial score (nSPS) is 24.4. The van der Waals surface area contributed by atoms with Crippen molar-refractivity contribution in [3.8, 4) is 17.2 Å². The average Bonchev–Trinajstić information content (AvgIpc) is 3.61. The van der Waals surface area contributed by atoms with Crippen molar-refractivity contribution in [1.29, 1.82) is 0 Å². The molecule has 4 aromatic rings. The number of hydrogen-bond acceptors (Lipinski definition) is 13. The fraction of sp³-hybridized carbons (Fsp3) is 0.302. The quantitative estimate of drug-likeness (QED) is 0.0840. The molecule has 3 fully saturated rings. The Kier molecular flexibility index (Phi) is 9.56. The van der Waals surface area contributed by atoms with Gasteiger partial charge in [0.25, 0.3) is 11.8 Å². The number of benzene rings is 4. The number of nitrogens with one attached hydrogen (secondary N) is 1. The van der Waals surface area contributed by atoms with E-state index in [1.54, 1.807) is 54.6 Å². The predicted molar refractivity (Wildman–Crippen MR) is 217 cm³/mol. The van der Waals surface area contributed by atoms with Crippen LogP contribution in [0.25, 0.3) is 0 Å². The zero-order valence-corrected chi connectivity index (χ0v) is 33.1. The van der Waals surface area contributed by atoms with Gasteiger partial charge in [0.05, 0.1) is 58.6 Å². The molecule has 0 radical (unpaired) electrons. The van der Waals surface area contributed by atoms with Crippen LogP contribution < -0.4 is 24.7 Å². The Morgan fingerprint density at radius 2 is 1.50 bits per heavy atom. The van der Waals surface area contributed by atoms with E-state index in [4.69, 9.17) is 9.47 Å². The van der Waals surface area contributed by atoms with Crippen LogP contribution in [0.1, 0.15) is 35.4 Å². The second-order valence-corrected chi connectivity index (χ2v) is 15.6. The molecule has 0 bridgehead atoms. The standard InChI is InChI=1S/C43H40N6O11/c1-22-11-13-24(14-12-22)44-47-40(52)30-21-29-27(37(36-33(50)19-26(59-4)20-34(36)60-5)43(30,42(47)54)23-9-7-6-8-10-23)15-16-28-35(29)41(53)46(39(28)51)25-17-31(48(55)56)38(45(2)3)32(18-25)49(57)58/h6-15,17-20,28-30,35,37,44,50H,16,21H2,1-5H3. The number of hydrogen-bond donors (Lipinski definition) is 2. The first-order valence-electron chi connectivity index (χ1n) is 19.1. The van der Waals surface area contributed by atoms with E-state index in [1.807, 2.05) is 19.1 Å². The molecule has 17 nitrogen and oxygen atoms in total. The number of carbonyl (C=O) groups excluding carboxylic acids is 4. The molecule has 17 heteroatoms. The molecular formula is C43H40N6O11. The maximum absolute atomic E-state index is 15.5. The molecule has 2 N–H and O–H groups in total. The smallest absolute Gasteiger partial charge is 0.301 e. The summed E-state index contributed by atoms with van der Waals surface area (Å²) in [7, 11) is 5.61. The molecule has 2 aliphatic heterocycles. The van der Waals surface area contributed by atoms with E-state index in [-0.39, 0.29) is 47.0 Å². The third-order valence-electron chi connectivity index (χ3n) is 12.4. The Hall–Kier alpha value is -7.30. The number of aryl methyl sites for hydroxylation is 1. The summed E-state index contributed by atoms with van der Waals surface area (Å²) >= 11 is 0. The monoisotopic (exact) mass is 816 g/mol. The molecule has 8 rings (SSSR count). The van der Waals surface area contributed by atoms with Gasteiger partial charge in [0.15, 0.2) is 5.69 Å². The Balaban J connectivity index is 1.34. The maximum atomic E-state index is 15.5. The largest absolute Gasteiger partial charge is 0.507 e. The SMILES string of the molecule is COc1cc(O)c(C2C3=CCC4C(=O)N(c5cc([N+](=O)[O-])c(N(C)C)c([N+](=O)[O-])c5)C(=O)C4C3CC3C(=O)N(Nc4ccc(C)cc4)C(=O)C32c2ccccc2)c(OC)c1. The van der Waals surface area contributed by atoms with Crippen LogP contribution in [0, 0.1) is 50.8 Å². The minimum Gasteiger partial charge on any atom is -0.507 e. The van der Waals surface area contributed by atoms with E-state index in [1.165, 1.54) is 39.3 Å². The number of imide groups is 2. The lowest BCUT2D eigenvalue weighted by Crippen LogP contribution is -2.53. The Morgan fingerprint density at radius 1 is 0.850 bits per heavy atom. The number of allylic oxidation sites excluding steroid dienone is 2. The summed E-state index contributed by atoms with van der Waals surface area (Å²) in [5.41, 5.74) is 1.78. The number of anilines is 3. The van der Waals surface area contributed by atoms with E-state index in [0.717, 1.165) is 27.6 Å². The highest BCUT2D eigenvalue weighted by molar-refractivity contribution is 6.23. The lowest BCUT2D eigenvalue weighted by atomic mass is 9.49. The van der Waals surface area contributed by atoms with Crippen molar-refractivity contribution in [2.45, 2.75) is 31.1 Å². The maximum Gasteiger partial charge on any atom is 0.301 e. The van der Waals surface area contributed by atoms with Crippen molar-refractivity contribution in [2.75, 3.05) is 43.5 Å². The van der Waals surface area contributed by atoms with Gasteiger partial charge in [-0.3, -0.25) is 44.8 Å². The van der Waals surface area contributed by atoms with Gasteiger partial charge in [-0.05, 0) is 43.4 Å². The average molecular weight is 817 g/mol. The molecule has 2 saturated heterocycles. The van der Waals surface area contributed by atoms with Crippen LogP contribution in [-0.2, 0) is 24.6 Å². The number of nitro benzene ring substituents is 2. The lowest BCUT2D eigenvalue weighted by molar-refractivity contribution is -0.392.